The van der Waals surface area contributed by atoms with Gasteiger partial charge in [-0.15, -0.1) is 0 Å². The lowest BCUT2D eigenvalue weighted by Gasteiger charge is -2.08. The summed E-state index contributed by atoms with van der Waals surface area (Å²) >= 11 is 0. The summed E-state index contributed by atoms with van der Waals surface area (Å²) in [6.45, 7) is 6.54. The van der Waals surface area contributed by atoms with Crippen molar-refractivity contribution in [3.63, 3.8) is 0 Å². The van der Waals surface area contributed by atoms with Crippen LogP contribution in [0.4, 0.5) is 11.8 Å². The second-order valence-corrected chi connectivity index (χ2v) is 6.39. The molecule has 118 valence electrons. The van der Waals surface area contributed by atoms with Crippen LogP contribution in [0.25, 0.3) is 11.0 Å². The number of hydrogen-bond donors (Lipinski definition) is 3. The van der Waals surface area contributed by atoms with Crippen LogP contribution in [-0.2, 0) is 0 Å². The predicted octanol–water partition coefficient (Wildman–Crippen LogP) is 2.03. The Morgan fingerprint density at radius 1 is 1.18 bits per heavy atom. The van der Waals surface area contributed by atoms with E-state index in [0.717, 1.165) is 27.9 Å². The molecule has 0 bridgehead atoms. The van der Waals surface area contributed by atoms with Crippen LogP contribution in [0.5, 0.6) is 0 Å². The van der Waals surface area contributed by atoms with Crippen molar-refractivity contribution in [2.45, 2.75) is 33.1 Å². The summed E-state index contributed by atoms with van der Waals surface area (Å²) in [6.07, 6.45) is 4.45. The van der Waals surface area contributed by atoms with Gasteiger partial charge in [-0.25, -0.2) is 4.98 Å². The molecule has 3 heterocycles. The van der Waals surface area contributed by atoms with Crippen LogP contribution < -0.4 is 16.4 Å². The first-order valence-electron chi connectivity index (χ1n) is 7.83. The van der Waals surface area contributed by atoms with Crippen molar-refractivity contribution in [2.24, 2.45) is 5.41 Å². The fourth-order valence-electron chi connectivity index (χ4n) is 3.07. The van der Waals surface area contributed by atoms with Gasteiger partial charge in [-0.1, -0.05) is 0 Å². The number of anilines is 2. The molecule has 0 atom stereocenters. The first-order chi connectivity index (χ1) is 10.5. The topological polar surface area (TPSA) is 88.8 Å². The van der Waals surface area contributed by atoms with Crippen LogP contribution in [0, 0.1) is 19.3 Å². The van der Waals surface area contributed by atoms with E-state index in [-0.39, 0.29) is 5.95 Å². The third-order valence-corrected chi connectivity index (χ3v) is 4.54. The highest BCUT2D eigenvalue weighted by Gasteiger charge is 2.44. The summed E-state index contributed by atoms with van der Waals surface area (Å²) in [5.74, 6) is 0.965. The molecule has 2 aromatic heterocycles. The summed E-state index contributed by atoms with van der Waals surface area (Å²) in [5, 5.41) is 7.30. The molecule has 1 spiro atoms. The number of hydrogen-bond acceptors (Lipinski definition) is 6. The third kappa shape index (κ3) is 2.97. The van der Waals surface area contributed by atoms with Gasteiger partial charge in [0.1, 0.15) is 5.82 Å². The molecule has 2 aromatic rings. The fraction of sp³-hybridized carbons (Fsp3) is 0.562. The fourth-order valence-corrected chi connectivity index (χ4v) is 3.07. The molecular weight excluding hydrogens is 276 g/mol. The van der Waals surface area contributed by atoms with E-state index < -0.39 is 0 Å². The molecule has 0 amide bonds. The average Bonchev–Trinajstić information content (AvgIpc) is 3.05. The van der Waals surface area contributed by atoms with Gasteiger partial charge in [-0.2, -0.15) is 9.97 Å². The van der Waals surface area contributed by atoms with Gasteiger partial charge in [0, 0.05) is 19.3 Å². The third-order valence-electron chi connectivity index (χ3n) is 4.54. The van der Waals surface area contributed by atoms with Gasteiger partial charge in [-0.3, -0.25) is 0 Å². The Morgan fingerprint density at radius 2 is 1.95 bits per heavy atom. The van der Waals surface area contributed by atoms with Gasteiger partial charge < -0.3 is 16.4 Å². The van der Waals surface area contributed by atoms with Crippen molar-refractivity contribution in [1.29, 1.82) is 0 Å². The van der Waals surface area contributed by atoms with Crippen molar-refractivity contribution in [3.05, 3.63) is 17.3 Å². The van der Waals surface area contributed by atoms with Crippen LogP contribution in [0.2, 0.25) is 0 Å². The van der Waals surface area contributed by atoms with Gasteiger partial charge in [0.25, 0.3) is 0 Å². The second-order valence-electron chi connectivity index (χ2n) is 6.39. The zero-order valence-corrected chi connectivity index (χ0v) is 13.5. The molecule has 0 aromatic carbocycles. The van der Waals surface area contributed by atoms with Crippen LogP contribution in [0.3, 0.4) is 0 Å². The number of pyridine rings is 1. The molecule has 22 heavy (non-hydrogen) atoms. The smallest absolute Gasteiger partial charge is 0.224 e. The number of nitrogens with one attached hydrogen (secondary N) is 2. The first kappa shape index (κ1) is 15.0. The molecule has 4 N–H and O–H groups in total. The van der Waals surface area contributed by atoms with E-state index in [9.17, 15) is 0 Å². The zero-order chi connectivity index (χ0) is 15.7. The number of aryl methyl sites for hydroxylation is 2. The average molecular weight is 300 g/mol. The molecule has 2 fully saturated rings. The lowest BCUT2D eigenvalue weighted by molar-refractivity contribution is 0.574. The van der Waals surface area contributed by atoms with Gasteiger partial charge in [0.2, 0.25) is 5.95 Å². The standard InChI is InChI=1S/C10H13N5.C6H11N/c1-5-4-6(2)13-9-7(5)8(12-3)14-10(11)15-9;1-2-6(1)3-4-7-5-6/h4H,1-3H3,(H3,11,12,13,14,15);7H,1-5H2. The molecule has 0 unspecified atom stereocenters. The molecule has 6 heteroatoms. The predicted molar refractivity (Wildman–Crippen MR) is 89.9 cm³/mol. The molecule has 0 radical (unpaired) electrons. The van der Waals surface area contributed by atoms with Crippen LogP contribution in [-0.4, -0.2) is 35.1 Å². The molecular formula is C16H24N6. The van der Waals surface area contributed by atoms with Crippen molar-refractivity contribution >= 4 is 22.8 Å². The quantitative estimate of drug-likeness (QED) is 0.747. The Morgan fingerprint density at radius 3 is 2.50 bits per heavy atom. The van der Waals surface area contributed by atoms with Gasteiger partial charge >= 0.3 is 0 Å². The number of aromatic nitrogens is 3. The van der Waals surface area contributed by atoms with E-state index in [1.165, 1.54) is 32.4 Å². The zero-order valence-electron chi connectivity index (χ0n) is 13.5. The van der Waals surface area contributed by atoms with Crippen molar-refractivity contribution in [2.75, 3.05) is 31.2 Å². The molecule has 1 aliphatic carbocycles. The summed E-state index contributed by atoms with van der Waals surface area (Å²) < 4.78 is 0. The molecule has 1 aliphatic heterocycles. The normalized spacial score (nSPS) is 18.1. The van der Waals surface area contributed by atoms with Crippen LogP contribution in [0.15, 0.2) is 6.07 Å². The molecule has 6 nitrogen and oxygen atoms in total. The lowest BCUT2D eigenvalue weighted by atomic mass is 10.1. The lowest BCUT2D eigenvalue weighted by Crippen LogP contribution is -2.08. The summed E-state index contributed by atoms with van der Waals surface area (Å²) in [4.78, 5) is 12.6. The van der Waals surface area contributed by atoms with Crippen molar-refractivity contribution in [3.8, 4) is 0 Å². The highest BCUT2D eigenvalue weighted by molar-refractivity contribution is 5.90. The number of fused-ring (bicyclic) bond motifs is 1. The van der Waals surface area contributed by atoms with E-state index in [1.54, 1.807) is 7.05 Å². The number of nitrogens with two attached hydrogens (primary N) is 1. The Bertz CT molecular complexity index is 679. The minimum atomic E-state index is 0.240. The largest absolute Gasteiger partial charge is 0.372 e. The Labute approximate surface area is 130 Å². The Kier molecular flexibility index (Phi) is 3.87. The molecule has 2 aliphatic rings. The monoisotopic (exact) mass is 300 g/mol. The number of nitrogens with zero attached hydrogens (tertiary/aromatic N) is 3. The number of nitrogen functional groups attached to an aromatic ring is 1. The number of rotatable bonds is 1. The van der Waals surface area contributed by atoms with E-state index >= 15 is 0 Å². The summed E-state index contributed by atoms with van der Waals surface area (Å²) in [5.41, 5.74) is 9.10. The van der Waals surface area contributed by atoms with E-state index in [1.807, 2.05) is 19.9 Å². The van der Waals surface area contributed by atoms with E-state index in [2.05, 4.69) is 25.6 Å². The van der Waals surface area contributed by atoms with E-state index in [4.69, 9.17) is 5.73 Å². The highest BCUT2D eigenvalue weighted by atomic mass is 15.1. The van der Waals surface area contributed by atoms with Gasteiger partial charge in [0.15, 0.2) is 5.65 Å². The second kappa shape index (κ2) is 5.68. The van der Waals surface area contributed by atoms with Crippen LogP contribution >= 0.6 is 0 Å². The van der Waals surface area contributed by atoms with Crippen molar-refractivity contribution in [1.82, 2.24) is 20.3 Å². The van der Waals surface area contributed by atoms with Gasteiger partial charge in [-0.05, 0) is 56.7 Å². The first-order valence-corrected chi connectivity index (χ1v) is 7.83. The maximum Gasteiger partial charge on any atom is 0.224 e. The molecule has 1 saturated heterocycles. The SMILES string of the molecule is C1CC2(CC2)CN1.CNc1nc(N)nc2nc(C)cc(C)c12. The van der Waals surface area contributed by atoms with Crippen molar-refractivity contribution < 1.29 is 0 Å². The Balaban J connectivity index is 0.000000169. The molecule has 1 saturated carbocycles. The minimum absolute atomic E-state index is 0.240. The van der Waals surface area contributed by atoms with E-state index in [0.29, 0.717) is 5.65 Å². The summed E-state index contributed by atoms with van der Waals surface area (Å²) in [6, 6.07) is 2.00. The maximum absolute atomic E-state index is 5.60. The maximum atomic E-state index is 5.60. The van der Waals surface area contributed by atoms with Crippen LogP contribution in [0.1, 0.15) is 30.5 Å². The molecule has 4 rings (SSSR count). The summed E-state index contributed by atoms with van der Waals surface area (Å²) in [7, 11) is 1.81. The Hall–Kier alpha value is -1.95. The minimum Gasteiger partial charge on any atom is -0.372 e. The highest BCUT2D eigenvalue weighted by Crippen LogP contribution is 2.49. The van der Waals surface area contributed by atoms with Gasteiger partial charge in [0.05, 0.1) is 5.39 Å².